The van der Waals surface area contributed by atoms with Gasteiger partial charge in [0.15, 0.2) is 0 Å². The van der Waals surface area contributed by atoms with Gasteiger partial charge in [0.1, 0.15) is 5.54 Å². The average Bonchev–Trinajstić information content (AvgIpc) is 2.78. The molecule has 3 rings (SSSR count). The summed E-state index contributed by atoms with van der Waals surface area (Å²) in [6.07, 6.45) is 4.40. The first-order valence-corrected chi connectivity index (χ1v) is 13.0. The van der Waals surface area contributed by atoms with Gasteiger partial charge in [0.2, 0.25) is 15.9 Å². The Hall–Kier alpha value is -1.95. The molecule has 176 valence electrons. The third-order valence-electron chi connectivity index (χ3n) is 7.38. The number of carbonyl (C=O) groups excluding carboxylic acids is 1. The normalized spacial score (nSPS) is 21.0. The minimum Gasteiger partial charge on any atom is -0.336 e. The van der Waals surface area contributed by atoms with Crippen molar-refractivity contribution in [3.63, 3.8) is 0 Å². The number of benzene rings is 1. The molecule has 1 aliphatic carbocycles. The molecule has 7 nitrogen and oxygen atoms in total. The van der Waals surface area contributed by atoms with Gasteiger partial charge in [-0.25, -0.2) is 8.42 Å². The van der Waals surface area contributed by atoms with Crippen LogP contribution >= 0.6 is 0 Å². The maximum absolute atomic E-state index is 13.5. The molecule has 0 radical (unpaired) electrons. The topological polar surface area (TPSA) is 93.5 Å². The van der Waals surface area contributed by atoms with Crippen molar-refractivity contribution in [1.82, 2.24) is 14.5 Å². The van der Waals surface area contributed by atoms with E-state index in [0.717, 1.165) is 41.5 Å². The zero-order chi connectivity index (χ0) is 23.7. The van der Waals surface area contributed by atoms with Crippen molar-refractivity contribution in [2.45, 2.75) is 83.2 Å². The maximum Gasteiger partial charge on any atom is 0.243 e. The lowest BCUT2D eigenvalue weighted by molar-refractivity contribution is -0.128. The molecule has 32 heavy (non-hydrogen) atoms. The molecule has 8 heteroatoms. The first-order valence-electron chi connectivity index (χ1n) is 11.6. The van der Waals surface area contributed by atoms with Crippen LogP contribution in [0.15, 0.2) is 11.0 Å². The predicted molar refractivity (Wildman–Crippen MR) is 125 cm³/mol. The number of hydrogen-bond donors (Lipinski definition) is 1. The van der Waals surface area contributed by atoms with Crippen LogP contribution < -0.4 is 5.32 Å². The molecule has 0 aromatic heterocycles. The second-order valence-corrected chi connectivity index (χ2v) is 11.3. The Morgan fingerprint density at radius 2 is 1.56 bits per heavy atom. The van der Waals surface area contributed by atoms with Gasteiger partial charge >= 0.3 is 0 Å². The van der Waals surface area contributed by atoms with Gasteiger partial charge in [-0.1, -0.05) is 25.3 Å². The van der Waals surface area contributed by atoms with Crippen molar-refractivity contribution < 1.29 is 13.2 Å². The fourth-order valence-corrected chi connectivity index (χ4v) is 6.95. The lowest BCUT2D eigenvalue weighted by Crippen LogP contribution is -2.58. The number of amides is 1. The maximum atomic E-state index is 13.5. The van der Waals surface area contributed by atoms with Gasteiger partial charge in [0, 0.05) is 26.2 Å². The second kappa shape index (κ2) is 9.50. The van der Waals surface area contributed by atoms with E-state index < -0.39 is 21.6 Å². The van der Waals surface area contributed by atoms with E-state index in [1.165, 1.54) is 0 Å². The van der Waals surface area contributed by atoms with Crippen molar-refractivity contribution in [3.8, 4) is 6.07 Å². The van der Waals surface area contributed by atoms with Crippen LogP contribution in [-0.2, 0) is 14.8 Å². The molecule has 1 heterocycles. The first kappa shape index (κ1) is 24.7. The highest BCUT2D eigenvalue weighted by Crippen LogP contribution is 2.30. The van der Waals surface area contributed by atoms with Gasteiger partial charge in [-0.3, -0.25) is 9.69 Å². The Kier molecular flexibility index (Phi) is 7.33. The van der Waals surface area contributed by atoms with Crippen LogP contribution in [0.4, 0.5) is 0 Å². The lowest BCUT2D eigenvalue weighted by atomic mass is 9.82. The molecule has 1 amide bonds. The van der Waals surface area contributed by atoms with E-state index >= 15 is 0 Å². The summed E-state index contributed by atoms with van der Waals surface area (Å²) in [6.45, 7) is 11.1. The lowest BCUT2D eigenvalue weighted by Gasteiger charge is -2.39. The molecular formula is C24H36N4O3S. The van der Waals surface area contributed by atoms with Crippen molar-refractivity contribution >= 4 is 15.9 Å². The molecule has 1 atom stereocenters. The Balaban J connectivity index is 1.68. The fraction of sp³-hybridized carbons (Fsp3) is 0.667. The summed E-state index contributed by atoms with van der Waals surface area (Å²) in [7, 11) is -3.61. The molecular weight excluding hydrogens is 424 g/mol. The third-order valence-corrected chi connectivity index (χ3v) is 9.55. The summed E-state index contributed by atoms with van der Waals surface area (Å²) in [5.74, 6) is -0.147. The van der Waals surface area contributed by atoms with Crippen LogP contribution in [-0.4, -0.2) is 61.3 Å². The molecule has 1 aromatic carbocycles. The van der Waals surface area contributed by atoms with Gasteiger partial charge in [0.25, 0.3) is 0 Å². The average molecular weight is 461 g/mol. The zero-order valence-corrected chi connectivity index (χ0v) is 20.8. The van der Waals surface area contributed by atoms with E-state index in [1.54, 1.807) is 4.31 Å². The molecule has 1 aromatic rings. The molecule has 1 unspecified atom stereocenters. The molecule has 1 N–H and O–H groups in total. The first-order chi connectivity index (χ1) is 15.0. The Morgan fingerprint density at radius 1 is 1.03 bits per heavy atom. The van der Waals surface area contributed by atoms with Gasteiger partial charge < -0.3 is 5.32 Å². The molecule has 2 aliphatic rings. The Bertz CT molecular complexity index is 988. The molecule has 1 saturated carbocycles. The number of piperazine rings is 1. The number of rotatable bonds is 5. The SMILES string of the molecule is Cc1cc(C)c(C)c(S(=O)(=O)N2CCN(C(C)C(=O)NC3(C#N)CCCCC3)CC2)c1C. The minimum absolute atomic E-state index is 0.147. The summed E-state index contributed by atoms with van der Waals surface area (Å²) >= 11 is 0. The number of sulfonamides is 1. The van der Waals surface area contributed by atoms with E-state index in [2.05, 4.69) is 11.4 Å². The van der Waals surface area contributed by atoms with Crippen LogP contribution in [0.2, 0.25) is 0 Å². The molecule has 1 aliphatic heterocycles. The molecule has 2 fully saturated rings. The smallest absolute Gasteiger partial charge is 0.243 e. The number of carbonyl (C=O) groups is 1. The summed E-state index contributed by atoms with van der Waals surface area (Å²) in [5.41, 5.74) is 2.80. The monoisotopic (exact) mass is 460 g/mol. The molecule has 0 bridgehead atoms. The van der Waals surface area contributed by atoms with Crippen molar-refractivity contribution in [1.29, 1.82) is 5.26 Å². The number of aryl methyl sites for hydroxylation is 2. The predicted octanol–water partition coefficient (Wildman–Crippen LogP) is 2.96. The van der Waals surface area contributed by atoms with Crippen molar-refractivity contribution in [3.05, 3.63) is 28.3 Å². The summed E-state index contributed by atoms with van der Waals surface area (Å²) < 4.78 is 28.5. The van der Waals surface area contributed by atoms with Crippen molar-refractivity contribution in [2.24, 2.45) is 0 Å². The largest absolute Gasteiger partial charge is 0.336 e. The molecule has 0 spiro atoms. The third kappa shape index (κ3) is 4.70. The summed E-state index contributed by atoms with van der Waals surface area (Å²) in [6, 6.07) is 3.96. The van der Waals surface area contributed by atoms with Gasteiger partial charge in [0.05, 0.1) is 17.0 Å². The van der Waals surface area contributed by atoms with E-state index in [9.17, 15) is 18.5 Å². The standard InChI is InChI=1S/C24H36N4O3S/c1-17-15-18(2)20(4)22(19(17)3)32(30,31)28-13-11-27(12-14-28)21(5)23(29)26-24(16-25)9-7-6-8-10-24/h15,21H,6-14H2,1-5H3,(H,26,29). The van der Waals surface area contributed by atoms with Crippen LogP contribution in [0.3, 0.4) is 0 Å². The summed E-state index contributed by atoms with van der Waals surface area (Å²) in [5, 5.41) is 12.6. The number of nitrogens with zero attached hydrogens (tertiary/aromatic N) is 3. The van der Waals surface area contributed by atoms with Gasteiger partial charge in [-0.2, -0.15) is 9.57 Å². The summed E-state index contributed by atoms with van der Waals surface area (Å²) in [4.78, 5) is 15.3. The van der Waals surface area contributed by atoms with E-state index in [1.807, 2.05) is 45.6 Å². The van der Waals surface area contributed by atoms with Crippen LogP contribution in [0.25, 0.3) is 0 Å². The highest BCUT2D eigenvalue weighted by molar-refractivity contribution is 7.89. The zero-order valence-electron chi connectivity index (χ0n) is 20.0. The van der Waals surface area contributed by atoms with Gasteiger partial charge in [-0.15, -0.1) is 0 Å². The Labute approximate surface area is 192 Å². The van der Waals surface area contributed by atoms with Crippen LogP contribution in [0, 0.1) is 39.0 Å². The van der Waals surface area contributed by atoms with E-state index in [4.69, 9.17) is 0 Å². The van der Waals surface area contributed by atoms with Crippen LogP contribution in [0.1, 0.15) is 61.3 Å². The van der Waals surface area contributed by atoms with Crippen LogP contribution in [0.5, 0.6) is 0 Å². The van der Waals surface area contributed by atoms with Crippen molar-refractivity contribution in [2.75, 3.05) is 26.2 Å². The highest BCUT2D eigenvalue weighted by atomic mass is 32.2. The number of hydrogen-bond acceptors (Lipinski definition) is 5. The minimum atomic E-state index is -3.61. The van der Waals surface area contributed by atoms with E-state index in [-0.39, 0.29) is 5.91 Å². The molecule has 1 saturated heterocycles. The fourth-order valence-electron chi connectivity index (χ4n) is 4.95. The second-order valence-electron chi connectivity index (χ2n) is 9.45. The van der Waals surface area contributed by atoms with Gasteiger partial charge in [-0.05, 0) is 69.7 Å². The quantitative estimate of drug-likeness (QED) is 0.729. The number of nitriles is 1. The van der Waals surface area contributed by atoms with E-state index in [0.29, 0.717) is 43.9 Å². The highest BCUT2D eigenvalue weighted by Gasteiger charge is 2.38. The number of nitrogens with one attached hydrogen (secondary N) is 1. The Morgan fingerprint density at radius 3 is 2.06 bits per heavy atom.